The molecule has 10 rings (SSSR count). The van der Waals surface area contributed by atoms with E-state index in [1.54, 1.807) is 0 Å². The van der Waals surface area contributed by atoms with Gasteiger partial charge in [-0.3, -0.25) is 9.13 Å². The van der Waals surface area contributed by atoms with E-state index in [1.807, 2.05) is 12.1 Å². The predicted molar refractivity (Wildman–Crippen MR) is 186 cm³/mol. The molecule has 0 bridgehead atoms. The van der Waals surface area contributed by atoms with Gasteiger partial charge in [-0.25, -0.2) is 4.98 Å². The number of benzene rings is 6. The summed E-state index contributed by atoms with van der Waals surface area (Å²) in [7, 11) is 0. The van der Waals surface area contributed by atoms with Gasteiger partial charge in [0.25, 0.3) is 0 Å². The van der Waals surface area contributed by atoms with Gasteiger partial charge in [0, 0.05) is 32.3 Å². The highest BCUT2D eigenvalue weighted by Gasteiger charge is 2.17. The molecule has 45 heavy (non-hydrogen) atoms. The molecule has 0 amide bonds. The van der Waals surface area contributed by atoms with Crippen LogP contribution in [-0.2, 0) is 0 Å². The molecule has 0 fully saturated rings. The summed E-state index contributed by atoms with van der Waals surface area (Å²) in [6.07, 6.45) is 0. The Bertz CT molecular complexity index is 2720. The summed E-state index contributed by atoms with van der Waals surface area (Å²) in [5.74, 6) is 1.78. The molecule has 0 N–H and O–H groups in total. The van der Waals surface area contributed by atoms with Gasteiger partial charge in [0.2, 0.25) is 0 Å². The third-order valence-electron chi connectivity index (χ3n) is 9.14. The third kappa shape index (κ3) is 3.51. The van der Waals surface area contributed by atoms with E-state index in [-0.39, 0.29) is 0 Å². The first-order chi connectivity index (χ1) is 22.3. The number of rotatable bonds is 3. The summed E-state index contributed by atoms with van der Waals surface area (Å²) in [4.78, 5) is 5.31. The second-order valence-corrected chi connectivity index (χ2v) is 11.6. The number of hydrogen-bond acceptors (Lipinski definition) is 2. The fraction of sp³-hybridized carbons (Fsp3) is 0. The predicted octanol–water partition coefficient (Wildman–Crippen LogP) is 10.8. The van der Waals surface area contributed by atoms with Crippen molar-refractivity contribution < 1.29 is 4.42 Å². The zero-order chi connectivity index (χ0) is 29.5. The van der Waals surface area contributed by atoms with E-state index < -0.39 is 0 Å². The van der Waals surface area contributed by atoms with Crippen LogP contribution in [0.5, 0.6) is 0 Å². The second-order valence-electron chi connectivity index (χ2n) is 11.6. The number of nitrogens with zero attached hydrogens (tertiary/aromatic N) is 3. The molecule has 0 radical (unpaired) electrons. The highest BCUT2D eigenvalue weighted by molar-refractivity contribution is 6.12. The van der Waals surface area contributed by atoms with Gasteiger partial charge in [0.15, 0.2) is 0 Å². The SMILES string of the molecule is c1cc(-n2c3ccccc3c3ccccc32)nc(-n2c3ccccc3c3cc(-c4ccc5oc6ccccc6c5c4)ccc32)c1. The highest BCUT2D eigenvalue weighted by atomic mass is 16.3. The van der Waals surface area contributed by atoms with E-state index in [0.717, 1.165) is 55.6 Å². The summed E-state index contributed by atoms with van der Waals surface area (Å²) in [5, 5.41) is 7.13. The Hall–Kier alpha value is -6.13. The van der Waals surface area contributed by atoms with E-state index in [1.165, 1.54) is 32.7 Å². The van der Waals surface area contributed by atoms with Gasteiger partial charge >= 0.3 is 0 Å². The molecule has 4 nitrogen and oxygen atoms in total. The lowest BCUT2D eigenvalue weighted by atomic mass is 10.0. The molecule has 0 atom stereocenters. The van der Waals surface area contributed by atoms with Gasteiger partial charge in [-0.05, 0) is 71.8 Å². The Morgan fingerprint density at radius 1 is 0.356 bits per heavy atom. The van der Waals surface area contributed by atoms with Crippen molar-refractivity contribution in [3.05, 3.63) is 152 Å². The quantitative estimate of drug-likeness (QED) is 0.210. The molecule has 6 aromatic carbocycles. The number of pyridine rings is 1. The van der Waals surface area contributed by atoms with Gasteiger partial charge in [-0.15, -0.1) is 0 Å². The van der Waals surface area contributed by atoms with Crippen LogP contribution in [0.3, 0.4) is 0 Å². The normalized spacial score (nSPS) is 12.0. The molecule has 0 unspecified atom stereocenters. The molecule has 0 aliphatic heterocycles. The van der Waals surface area contributed by atoms with Gasteiger partial charge in [0.1, 0.15) is 22.8 Å². The number of aromatic nitrogens is 3. The number of fused-ring (bicyclic) bond motifs is 9. The smallest absolute Gasteiger partial charge is 0.140 e. The van der Waals surface area contributed by atoms with Gasteiger partial charge in [-0.1, -0.05) is 91.0 Å². The number of furan rings is 1. The van der Waals surface area contributed by atoms with Crippen LogP contribution in [0.15, 0.2) is 156 Å². The molecule has 0 spiro atoms. The van der Waals surface area contributed by atoms with Gasteiger partial charge in [0.05, 0.1) is 22.1 Å². The van der Waals surface area contributed by atoms with Crippen LogP contribution in [0.1, 0.15) is 0 Å². The molecule has 4 heterocycles. The Morgan fingerprint density at radius 3 is 1.47 bits per heavy atom. The van der Waals surface area contributed by atoms with E-state index in [0.29, 0.717) is 0 Å². The van der Waals surface area contributed by atoms with Crippen LogP contribution in [0.4, 0.5) is 0 Å². The summed E-state index contributed by atoms with van der Waals surface area (Å²) in [6.45, 7) is 0. The van der Waals surface area contributed by atoms with Crippen molar-refractivity contribution in [1.29, 1.82) is 0 Å². The first kappa shape index (κ1) is 24.3. The average molecular weight is 576 g/mol. The molecular formula is C41H25N3O. The second kappa shape index (κ2) is 9.18. The molecule has 210 valence electrons. The van der Waals surface area contributed by atoms with E-state index in [9.17, 15) is 0 Å². The maximum Gasteiger partial charge on any atom is 0.140 e. The van der Waals surface area contributed by atoms with Crippen LogP contribution in [0, 0.1) is 0 Å². The fourth-order valence-electron chi connectivity index (χ4n) is 7.14. The van der Waals surface area contributed by atoms with Crippen LogP contribution in [0.25, 0.3) is 88.3 Å². The Balaban J connectivity index is 1.17. The molecule has 4 heteroatoms. The summed E-state index contributed by atoms with van der Waals surface area (Å²) in [5.41, 5.74) is 8.72. The maximum atomic E-state index is 6.10. The lowest BCUT2D eigenvalue weighted by Crippen LogP contribution is -2.03. The molecule has 0 aliphatic carbocycles. The van der Waals surface area contributed by atoms with E-state index in [4.69, 9.17) is 9.40 Å². The Labute approximate surface area is 258 Å². The summed E-state index contributed by atoms with van der Waals surface area (Å²) in [6, 6.07) is 53.6. The van der Waals surface area contributed by atoms with Crippen molar-refractivity contribution in [3.8, 4) is 22.8 Å². The monoisotopic (exact) mass is 575 g/mol. The minimum atomic E-state index is 0.889. The van der Waals surface area contributed by atoms with E-state index >= 15 is 0 Å². The summed E-state index contributed by atoms with van der Waals surface area (Å²) >= 11 is 0. The molecule has 10 aromatic rings. The zero-order valence-corrected chi connectivity index (χ0v) is 24.2. The van der Waals surface area contributed by atoms with Crippen molar-refractivity contribution in [1.82, 2.24) is 14.1 Å². The molecule has 4 aromatic heterocycles. The van der Waals surface area contributed by atoms with Gasteiger partial charge in [-0.2, -0.15) is 0 Å². The van der Waals surface area contributed by atoms with Crippen molar-refractivity contribution in [2.75, 3.05) is 0 Å². The lowest BCUT2D eigenvalue weighted by molar-refractivity contribution is 0.669. The zero-order valence-electron chi connectivity index (χ0n) is 24.2. The molecule has 0 saturated carbocycles. The lowest BCUT2D eigenvalue weighted by Gasteiger charge is -2.11. The van der Waals surface area contributed by atoms with Crippen LogP contribution < -0.4 is 0 Å². The molecular weight excluding hydrogens is 550 g/mol. The van der Waals surface area contributed by atoms with Crippen LogP contribution in [-0.4, -0.2) is 14.1 Å². The number of para-hydroxylation sites is 4. The molecule has 0 saturated heterocycles. The van der Waals surface area contributed by atoms with Gasteiger partial charge < -0.3 is 4.42 Å². The molecule has 0 aliphatic rings. The first-order valence-corrected chi connectivity index (χ1v) is 15.2. The standard InChI is InChI=1S/C41H25N3O/c1-5-14-34-28(10-1)29-11-2-6-15-35(29)43(34)40-18-9-19-41(42-40)44-36-16-7-3-12-30(36)32-24-26(20-22-37(32)44)27-21-23-39-33(25-27)31-13-4-8-17-38(31)45-39/h1-25H. The fourth-order valence-corrected chi connectivity index (χ4v) is 7.14. The van der Waals surface area contributed by atoms with Crippen molar-refractivity contribution in [2.24, 2.45) is 0 Å². The topological polar surface area (TPSA) is 35.9 Å². The van der Waals surface area contributed by atoms with Crippen molar-refractivity contribution >= 4 is 65.6 Å². The van der Waals surface area contributed by atoms with Crippen LogP contribution in [0.2, 0.25) is 0 Å². The largest absolute Gasteiger partial charge is 0.456 e. The Morgan fingerprint density at radius 2 is 0.822 bits per heavy atom. The van der Waals surface area contributed by atoms with Crippen molar-refractivity contribution in [3.63, 3.8) is 0 Å². The average Bonchev–Trinajstić information content (AvgIpc) is 3.75. The Kier molecular flexibility index (Phi) is 4.96. The van der Waals surface area contributed by atoms with E-state index in [2.05, 4.69) is 149 Å². The van der Waals surface area contributed by atoms with Crippen molar-refractivity contribution in [2.45, 2.75) is 0 Å². The highest BCUT2D eigenvalue weighted by Crippen LogP contribution is 2.37. The maximum absolute atomic E-state index is 6.10. The number of hydrogen-bond donors (Lipinski definition) is 0. The third-order valence-corrected chi connectivity index (χ3v) is 9.14. The minimum absolute atomic E-state index is 0.889. The minimum Gasteiger partial charge on any atom is -0.456 e. The van der Waals surface area contributed by atoms with Crippen LogP contribution >= 0.6 is 0 Å². The summed E-state index contributed by atoms with van der Waals surface area (Å²) < 4.78 is 10.7. The first-order valence-electron chi connectivity index (χ1n) is 15.2.